The molecule has 1 fully saturated rings. The van der Waals surface area contributed by atoms with Gasteiger partial charge in [0.2, 0.25) is 12.2 Å². The van der Waals surface area contributed by atoms with Crippen molar-refractivity contribution >= 4 is 29.5 Å². The first kappa shape index (κ1) is 34.9. The number of alkyl halides is 3. The molecule has 2 aliphatic heterocycles. The van der Waals surface area contributed by atoms with Gasteiger partial charge in [-0.25, -0.2) is 4.79 Å². The number of likely N-dealkylation sites (tertiary alicyclic amines) is 1. The Kier molecular flexibility index (Phi) is 10.8. The van der Waals surface area contributed by atoms with Crippen LogP contribution in [0.1, 0.15) is 83.7 Å². The van der Waals surface area contributed by atoms with Gasteiger partial charge in [-0.3, -0.25) is 14.4 Å². The summed E-state index contributed by atoms with van der Waals surface area (Å²) < 4.78 is 54.3. The molecule has 11 nitrogen and oxygen atoms in total. The zero-order chi connectivity index (χ0) is 33.1. The zero-order valence-corrected chi connectivity index (χ0v) is 26.3. The third kappa shape index (κ3) is 7.74. The van der Waals surface area contributed by atoms with Gasteiger partial charge in [0.1, 0.15) is 5.75 Å². The van der Waals surface area contributed by atoms with Crippen LogP contribution in [0.2, 0.25) is 0 Å². The van der Waals surface area contributed by atoms with E-state index in [-0.39, 0.29) is 49.3 Å². The lowest BCUT2D eigenvalue weighted by Gasteiger charge is -2.42. The maximum atomic E-state index is 14.5. The maximum absolute atomic E-state index is 14.5. The SMILES string of the molecule is CCC(=O)NCCN1C(=O)C(C)(C)Oc2cc(C(F)(F)F)c(C(=O)N(C(C)C)[C@@H]3CCCN(C(=O)O[C@@H](O)C(C)C)C3)cc21. The number of rotatable bonds is 9. The number of hydrogen-bond acceptors (Lipinski definition) is 7. The highest BCUT2D eigenvalue weighted by molar-refractivity contribution is 6.05. The van der Waals surface area contributed by atoms with Crippen LogP contribution >= 0.6 is 0 Å². The standard InChI is InChI=1S/C30H43F3N4O7/c1-8-24(38)34-11-13-36-22-14-20(21(30(31,32)33)15-23(22)44-29(6,7)27(36)41)25(39)37(18(4)5)19-10-9-12-35(16-19)28(42)43-26(40)17(2)3/h14-15,17-19,26,40H,8-13,16H2,1-7H3,(H,34,38)/t19-,26-/m1/s1. The van der Waals surface area contributed by atoms with Crippen LogP contribution in [0.3, 0.4) is 0 Å². The van der Waals surface area contributed by atoms with Gasteiger partial charge in [-0.2, -0.15) is 13.2 Å². The van der Waals surface area contributed by atoms with Gasteiger partial charge in [0.05, 0.1) is 22.9 Å². The van der Waals surface area contributed by atoms with Crippen LogP contribution in [-0.2, 0) is 20.5 Å². The second-order valence-electron chi connectivity index (χ2n) is 12.2. The molecule has 44 heavy (non-hydrogen) atoms. The molecule has 1 saturated heterocycles. The minimum atomic E-state index is -4.94. The van der Waals surface area contributed by atoms with Gasteiger partial charge in [-0.1, -0.05) is 20.8 Å². The van der Waals surface area contributed by atoms with Gasteiger partial charge < -0.3 is 34.6 Å². The Morgan fingerprint density at radius 1 is 1.20 bits per heavy atom. The number of ether oxygens (including phenoxy) is 2. The van der Waals surface area contributed by atoms with Gasteiger partial charge in [0, 0.05) is 44.6 Å². The van der Waals surface area contributed by atoms with E-state index in [1.165, 1.54) is 28.5 Å². The summed E-state index contributed by atoms with van der Waals surface area (Å²) in [5.41, 5.74) is -3.40. The molecule has 0 bridgehead atoms. The molecule has 2 atom stereocenters. The molecule has 246 valence electrons. The average Bonchev–Trinajstić information content (AvgIpc) is 2.93. The number of carbonyl (C=O) groups excluding carboxylic acids is 4. The number of aliphatic hydroxyl groups is 1. The Morgan fingerprint density at radius 3 is 2.43 bits per heavy atom. The molecule has 2 heterocycles. The normalized spacial score (nSPS) is 18.9. The third-order valence-electron chi connectivity index (χ3n) is 7.66. The molecule has 2 aliphatic rings. The van der Waals surface area contributed by atoms with Crippen LogP contribution < -0.4 is 15.0 Å². The fourth-order valence-corrected chi connectivity index (χ4v) is 5.30. The van der Waals surface area contributed by atoms with Crippen molar-refractivity contribution < 1.29 is 46.9 Å². The molecule has 1 aromatic carbocycles. The van der Waals surface area contributed by atoms with Gasteiger partial charge in [-0.05, 0) is 52.7 Å². The Bertz CT molecular complexity index is 1250. The molecule has 14 heteroatoms. The number of benzene rings is 1. The molecule has 0 aliphatic carbocycles. The van der Waals surface area contributed by atoms with Crippen molar-refractivity contribution in [3.05, 3.63) is 23.3 Å². The van der Waals surface area contributed by atoms with E-state index in [1.54, 1.807) is 34.6 Å². The van der Waals surface area contributed by atoms with Crippen LogP contribution in [0.25, 0.3) is 0 Å². The highest BCUT2D eigenvalue weighted by Crippen LogP contribution is 2.44. The Balaban J connectivity index is 2.03. The predicted molar refractivity (Wildman–Crippen MR) is 155 cm³/mol. The lowest BCUT2D eigenvalue weighted by Crippen LogP contribution is -2.55. The Hall–Kier alpha value is -3.55. The van der Waals surface area contributed by atoms with E-state index in [2.05, 4.69) is 5.32 Å². The first-order chi connectivity index (χ1) is 20.4. The van der Waals surface area contributed by atoms with Crippen molar-refractivity contribution in [3.8, 4) is 5.75 Å². The maximum Gasteiger partial charge on any atom is 0.417 e. The van der Waals surface area contributed by atoms with E-state index in [1.807, 2.05) is 0 Å². The highest BCUT2D eigenvalue weighted by atomic mass is 19.4. The summed E-state index contributed by atoms with van der Waals surface area (Å²) in [7, 11) is 0. The van der Waals surface area contributed by atoms with E-state index >= 15 is 0 Å². The summed E-state index contributed by atoms with van der Waals surface area (Å²) in [6, 6.07) is 0.566. The van der Waals surface area contributed by atoms with Crippen LogP contribution in [0.5, 0.6) is 5.75 Å². The first-order valence-corrected chi connectivity index (χ1v) is 14.9. The van der Waals surface area contributed by atoms with E-state index in [0.717, 1.165) is 12.1 Å². The summed E-state index contributed by atoms with van der Waals surface area (Å²) in [5.74, 6) is -2.28. The molecule has 4 amide bonds. The van der Waals surface area contributed by atoms with Crippen molar-refractivity contribution in [3.63, 3.8) is 0 Å². The number of anilines is 1. The van der Waals surface area contributed by atoms with Gasteiger partial charge in [0.25, 0.3) is 11.8 Å². The molecular formula is C30H43F3N4O7. The Labute approximate surface area is 255 Å². The monoisotopic (exact) mass is 628 g/mol. The molecular weight excluding hydrogens is 585 g/mol. The summed E-state index contributed by atoms with van der Waals surface area (Å²) >= 11 is 0. The molecule has 0 aromatic heterocycles. The molecule has 0 unspecified atom stereocenters. The molecule has 0 saturated carbocycles. The highest BCUT2D eigenvalue weighted by Gasteiger charge is 2.45. The summed E-state index contributed by atoms with van der Waals surface area (Å²) in [4.78, 5) is 55.8. The molecule has 1 aromatic rings. The van der Waals surface area contributed by atoms with E-state index in [4.69, 9.17) is 9.47 Å². The van der Waals surface area contributed by atoms with Crippen molar-refractivity contribution in [2.24, 2.45) is 5.92 Å². The van der Waals surface area contributed by atoms with Crippen molar-refractivity contribution in [2.45, 2.75) is 97.9 Å². The number of nitrogens with zero attached hydrogens (tertiary/aromatic N) is 3. The smallest absolute Gasteiger partial charge is 0.417 e. The topological polar surface area (TPSA) is 129 Å². The number of amides is 4. The van der Waals surface area contributed by atoms with Gasteiger partial charge in [0.15, 0.2) is 5.60 Å². The third-order valence-corrected chi connectivity index (χ3v) is 7.66. The number of hydrogen-bond donors (Lipinski definition) is 2. The largest absolute Gasteiger partial charge is 0.476 e. The quantitative estimate of drug-likeness (QED) is 0.393. The van der Waals surface area contributed by atoms with Gasteiger partial charge in [-0.15, -0.1) is 0 Å². The van der Waals surface area contributed by atoms with E-state index in [0.29, 0.717) is 19.4 Å². The number of aliphatic hydroxyl groups excluding tert-OH is 1. The molecule has 0 spiro atoms. The first-order valence-electron chi connectivity index (χ1n) is 14.9. The van der Waals surface area contributed by atoms with Crippen LogP contribution in [-0.4, -0.2) is 88.9 Å². The van der Waals surface area contributed by atoms with E-state index < -0.39 is 59.2 Å². The molecule has 2 N–H and O–H groups in total. The number of halogens is 3. The molecule has 3 rings (SSSR count). The van der Waals surface area contributed by atoms with Crippen molar-refractivity contribution in [2.75, 3.05) is 31.1 Å². The Morgan fingerprint density at radius 2 is 1.86 bits per heavy atom. The summed E-state index contributed by atoms with van der Waals surface area (Å²) in [6.45, 7) is 11.5. The summed E-state index contributed by atoms with van der Waals surface area (Å²) in [6.07, 6.45) is -5.95. The number of fused-ring (bicyclic) bond motifs is 1. The fraction of sp³-hybridized carbons (Fsp3) is 0.667. The predicted octanol–water partition coefficient (Wildman–Crippen LogP) is 4.16. The van der Waals surface area contributed by atoms with Gasteiger partial charge >= 0.3 is 12.3 Å². The zero-order valence-electron chi connectivity index (χ0n) is 26.3. The van der Waals surface area contributed by atoms with Crippen LogP contribution in [0, 0.1) is 5.92 Å². The van der Waals surface area contributed by atoms with Crippen LogP contribution in [0.4, 0.5) is 23.7 Å². The van der Waals surface area contributed by atoms with Crippen molar-refractivity contribution in [1.82, 2.24) is 15.1 Å². The number of piperidine rings is 1. The minimum absolute atomic E-state index is 0.00109. The van der Waals surface area contributed by atoms with E-state index in [9.17, 15) is 37.5 Å². The fourth-order valence-electron chi connectivity index (χ4n) is 5.30. The average molecular weight is 629 g/mol. The van der Waals surface area contributed by atoms with Crippen LogP contribution in [0.15, 0.2) is 12.1 Å². The number of nitrogens with one attached hydrogen (secondary N) is 1. The minimum Gasteiger partial charge on any atom is -0.476 e. The summed E-state index contributed by atoms with van der Waals surface area (Å²) in [5, 5.41) is 12.6. The van der Waals surface area contributed by atoms with Crippen molar-refractivity contribution in [1.29, 1.82) is 0 Å². The lowest BCUT2D eigenvalue weighted by atomic mass is 9.96. The lowest BCUT2D eigenvalue weighted by molar-refractivity contribution is -0.138. The molecule has 0 radical (unpaired) electrons. The second kappa shape index (κ2) is 13.6. The second-order valence-corrected chi connectivity index (χ2v) is 12.2. The number of carbonyl (C=O) groups is 4.